The van der Waals surface area contributed by atoms with Crippen molar-refractivity contribution in [2.75, 3.05) is 19.7 Å². The summed E-state index contributed by atoms with van der Waals surface area (Å²) in [4.78, 5) is 33.6. The summed E-state index contributed by atoms with van der Waals surface area (Å²) in [5.41, 5.74) is 1.72. The highest BCUT2D eigenvalue weighted by molar-refractivity contribution is 7.18. The summed E-state index contributed by atoms with van der Waals surface area (Å²) in [6.07, 6.45) is 6.39. The number of halogens is 1. The number of carbonyl (C=O) groups is 1. The number of ether oxygens (including phenoxy) is 1. The summed E-state index contributed by atoms with van der Waals surface area (Å²) in [7, 11) is 0. The number of aromatic nitrogens is 2. The van der Waals surface area contributed by atoms with E-state index in [1.807, 2.05) is 13.0 Å². The number of rotatable bonds is 6. The van der Waals surface area contributed by atoms with E-state index in [4.69, 9.17) is 4.74 Å². The van der Waals surface area contributed by atoms with Crippen LogP contribution in [0, 0.1) is 5.82 Å². The van der Waals surface area contributed by atoms with Crippen LogP contribution in [0.4, 0.5) is 9.18 Å². The first kappa shape index (κ1) is 23.9. The topological polar surface area (TPSA) is 76.5 Å². The maximum absolute atomic E-state index is 14.0. The molecule has 0 unspecified atom stereocenters. The predicted molar refractivity (Wildman–Crippen MR) is 135 cm³/mol. The Morgan fingerprint density at radius 1 is 1.23 bits per heavy atom. The quantitative estimate of drug-likeness (QED) is 0.558. The van der Waals surface area contributed by atoms with E-state index < -0.39 is 0 Å². The lowest BCUT2D eigenvalue weighted by Crippen LogP contribution is -2.49. The standard InChI is InChI=1S/C26H31FN4O3S/c1-2-34-26(33)30-13-10-18(11-14-30)29-19-7-8-20-22(15-19)35-24-23(20)25(32)31(16-28-24)12-9-17-5-3-4-6-21(17)27/h3-6,16,18-19,29H,2,7-15H2,1H3/t19-/m1/s1. The van der Waals surface area contributed by atoms with Crippen LogP contribution < -0.4 is 10.9 Å². The first-order chi connectivity index (χ1) is 17.0. The summed E-state index contributed by atoms with van der Waals surface area (Å²) in [5.74, 6) is -0.243. The molecule has 35 heavy (non-hydrogen) atoms. The molecule has 1 N–H and O–H groups in total. The van der Waals surface area contributed by atoms with Crippen LogP contribution in [0.15, 0.2) is 35.4 Å². The third-order valence-corrected chi connectivity index (χ3v) is 8.27. The van der Waals surface area contributed by atoms with Crippen LogP contribution in [0.3, 0.4) is 0 Å². The van der Waals surface area contributed by atoms with E-state index in [0.29, 0.717) is 50.3 Å². The van der Waals surface area contributed by atoms with Crippen molar-refractivity contribution >= 4 is 27.6 Å². The molecule has 2 aromatic heterocycles. The molecule has 1 amide bonds. The molecule has 0 radical (unpaired) electrons. The van der Waals surface area contributed by atoms with Crippen molar-refractivity contribution < 1.29 is 13.9 Å². The Labute approximate surface area is 207 Å². The largest absolute Gasteiger partial charge is 0.450 e. The highest BCUT2D eigenvalue weighted by Crippen LogP contribution is 2.34. The van der Waals surface area contributed by atoms with Gasteiger partial charge in [-0.25, -0.2) is 14.2 Å². The molecule has 9 heteroatoms. The fraction of sp³-hybridized carbons (Fsp3) is 0.500. The second-order valence-electron chi connectivity index (χ2n) is 9.34. The Balaban J connectivity index is 1.24. The van der Waals surface area contributed by atoms with Crippen LogP contribution in [0.5, 0.6) is 0 Å². The Hall–Kier alpha value is -2.78. The molecule has 7 nitrogen and oxygen atoms in total. The summed E-state index contributed by atoms with van der Waals surface area (Å²) in [6.45, 7) is 4.07. The number of nitrogens with zero attached hydrogens (tertiary/aromatic N) is 3. The summed E-state index contributed by atoms with van der Waals surface area (Å²) in [6, 6.07) is 7.43. The number of nitrogens with one attached hydrogen (secondary N) is 1. The normalized spacial score (nSPS) is 18.6. The van der Waals surface area contributed by atoms with Crippen LogP contribution >= 0.6 is 11.3 Å². The van der Waals surface area contributed by atoms with Gasteiger partial charge in [0.2, 0.25) is 0 Å². The molecule has 0 saturated carbocycles. The first-order valence-corrected chi connectivity index (χ1v) is 13.3. The van der Waals surface area contributed by atoms with E-state index in [1.54, 1.807) is 39.3 Å². The third-order valence-electron chi connectivity index (χ3n) is 7.11. The molecule has 186 valence electrons. The monoisotopic (exact) mass is 498 g/mol. The Bertz CT molecular complexity index is 1270. The van der Waals surface area contributed by atoms with Gasteiger partial charge in [-0.3, -0.25) is 9.36 Å². The Morgan fingerprint density at radius 3 is 2.80 bits per heavy atom. The number of carbonyl (C=O) groups excluding carboxylic acids is 1. The van der Waals surface area contributed by atoms with Gasteiger partial charge in [-0.05, 0) is 62.6 Å². The van der Waals surface area contributed by atoms with Crippen molar-refractivity contribution in [2.24, 2.45) is 0 Å². The van der Waals surface area contributed by atoms with Gasteiger partial charge in [-0.2, -0.15) is 0 Å². The van der Waals surface area contributed by atoms with Gasteiger partial charge in [0.15, 0.2) is 0 Å². The SMILES string of the molecule is CCOC(=O)N1CCC(N[C@@H]2CCc3c(sc4ncn(CCc5ccccc5F)c(=O)c34)C2)CC1. The average Bonchev–Trinajstić information content (AvgIpc) is 3.24. The number of hydrogen-bond donors (Lipinski definition) is 1. The van der Waals surface area contributed by atoms with Crippen LogP contribution in [0.25, 0.3) is 10.2 Å². The smallest absolute Gasteiger partial charge is 0.409 e. The fourth-order valence-electron chi connectivity index (χ4n) is 5.22. The number of likely N-dealkylation sites (tertiary alicyclic amines) is 1. The van der Waals surface area contributed by atoms with E-state index in [0.717, 1.165) is 47.9 Å². The minimum absolute atomic E-state index is 0.0263. The van der Waals surface area contributed by atoms with Gasteiger partial charge >= 0.3 is 6.09 Å². The Morgan fingerprint density at radius 2 is 2.03 bits per heavy atom. The predicted octanol–water partition coefficient (Wildman–Crippen LogP) is 3.91. The van der Waals surface area contributed by atoms with Crippen molar-refractivity contribution in [1.29, 1.82) is 0 Å². The van der Waals surface area contributed by atoms with E-state index >= 15 is 0 Å². The van der Waals surface area contributed by atoms with E-state index in [2.05, 4.69) is 10.3 Å². The second kappa shape index (κ2) is 10.5. The summed E-state index contributed by atoms with van der Waals surface area (Å²) in [5, 5.41) is 4.53. The molecule has 1 aliphatic heterocycles. The number of hydrogen-bond acceptors (Lipinski definition) is 6. The molecule has 5 rings (SSSR count). The second-order valence-corrected chi connectivity index (χ2v) is 10.4. The number of amides is 1. The molecule has 3 aromatic rings. The van der Waals surface area contributed by atoms with Gasteiger partial charge in [-0.15, -0.1) is 11.3 Å². The van der Waals surface area contributed by atoms with Crippen molar-refractivity contribution in [3.8, 4) is 0 Å². The van der Waals surface area contributed by atoms with Crippen molar-refractivity contribution in [3.05, 3.63) is 62.8 Å². The van der Waals surface area contributed by atoms with E-state index in [-0.39, 0.29) is 17.5 Å². The molecular weight excluding hydrogens is 467 g/mol. The van der Waals surface area contributed by atoms with Gasteiger partial charge in [0.1, 0.15) is 10.6 Å². The molecule has 0 bridgehead atoms. The third kappa shape index (κ3) is 5.11. The summed E-state index contributed by atoms with van der Waals surface area (Å²) >= 11 is 1.62. The lowest BCUT2D eigenvalue weighted by atomic mass is 9.91. The van der Waals surface area contributed by atoms with Crippen molar-refractivity contribution in [2.45, 2.75) is 64.1 Å². The number of piperidine rings is 1. The van der Waals surface area contributed by atoms with Crippen molar-refractivity contribution in [1.82, 2.24) is 19.8 Å². The minimum Gasteiger partial charge on any atom is -0.450 e. The highest BCUT2D eigenvalue weighted by atomic mass is 32.1. The fourth-order valence-corrected chi connectivity index (χ4v) is 6.48. The zero-order valence-corrected chi connectivity index (χ0v) is 20.8. The van der Waals surface area contributed by atoms with Crippen LogP contribution in [0.2, 0.25) is 0 Å². The van der Waals surface area contributed by atoms with Crippen LogP contribution in [-0.4, -0.2) is 52.3 Å². The molecule has 0 spiro atoms. The summed E-state index contributed by atoms with van der Waals surface area (Å²) < 4.78 is 20.7. The lowest BCUT2D eigenvalue weighted by Gasteiger charge is -2.35. The molecular formula is C26H31FN4O3S. The molecule has 3 heterocycles. The van der Waals surface area contributed by atoms with E-state index in [1.165, 1.54) is 10.9 Å². The minimum atomic E-state index is -0.243. The molecule has 1 aromatic carbocycles. The molecule has 1 aliphatic carbocycles. The zero-order valence-electron chi connectivity index (χ0n) is 20.0. The maximum atomic E-state index is 14.0. The average molecular weight is 499 g/mol. The van der Waals surface area contributed by atoms with Gasteiger partial charge in [-0.1, -0.05) is 18.2 Å². The van der Waals surface area contributed by atoms with Crippen LogP contribution in [0.1, 0.15) is 42.2 Å². The van der Waals surface area contributed by atoms with Crippen molar-refractivity contribution in [3.63, 3.8) is 0 Å². The molecule has 1 fully saturated rings. The molecule has 2 aliphatic rings. The number of fused-ring (bicyclic) bond motifs is 3. The number of thiophene rings is 1. The number of benzene rings is 1. The van der Waals surface area contributed by atoms with Gasteiger partial charge in [0.25, 0.3) is 5.56 Å². The lowest BCUT2D eigenvalue weighted by molar-refractivity contribution is 0.0940. The van der Waals surface area contributed by atoms with Gasteiger partial charge in [0.05, 0.1) is 18.3 Å². The molecule has 1 saturated heterocycles. The first-order valence-electron chi connectivity index (χ1n) is 12.4. The Kier molecular flexibility index (Phi) is 7.15. The molecule has 1 atom stereocenters. The van der Waals surface area contributed by atoms with Gasteiger partial charge < -0.3 is 15.0 Å². The highest BCUT2D eigenvalue weighted by Gasteiger charge is 2.29. The maximum Gasteiger partial charge on any atom is 0.409 e. The van der Waals surface area contributed by atoms with Gasteiger partial charge in [0, 0.05) is 36.6 Å². The zero-order chi connectivity index (χ0) is 24.4. The van der Waals surface area contributed by atoms with E-state index in [9.17, 15) is 14.0 Å². The number of aryl methyl sites for hydroxylation is 3. The van der Waals surface area contributed by atoms with Crippen LogP contribution in [-0.2, 0) is 30.5 Å².